The minimum absolute atomic E-state index is 0.810. The fourth-order valence-corrected chi connectivity index (χ4v) is 3.85. The minimum Gasteiger partial charge on any atom is -0.313 e. The SMILES string of the molecule is CN1CCC(CCNC2CCCSC2)CC1. The summed E-state index contributed by atoms with van der Waals surface area (Å²) in [5, 5.41) is 3.75. The van der Waals surface area contributed by atoms with Gasteiger partial charge in [-0.2, -0.15) is 11.8 Å². The van der Waals surface area contributed by atoms with Gasteiger partial charge in [0, 0.05) is 11.8 Å². The van der Waals surface area contributed by atoms with Crippen LogP contribution in [0.15, 0.2) is 0 Å². The van der Waals surface area contributed by atoms with E-state index < -0.39 is 0 Å². The quantitative estimate of drug-likeness (QED) is 0.814. The van der Waals surface area contributed by atoms with Crippen molar-refractivity contribution in [2.24, 2.45) is 5.92 Å². The third-order valence-corrected chi connectivity index (χ3v) is 5.20. The number of nitrogens with zero attached hydrogens (tertiary/aromatic N) is 1. The molecule has 0 aromatic rings. The van der Waals surface area contributed by atoms with Crippen LogP contribution in [0.1, 0.15) is 32.1 Å². The van der Waals surface area contributed by atoms with Crippen LogP contribution in [-0.4, -0.2) is 49.1 Å². The van der Waals surface area contributed by atoms with Crippen molar-refractivity contribution in [1.29, 1.82) is 0 Å². The van der Waals surface area contributed by atoms with Gasteiger partial charge in [0.15, 0.2) is 0 Å². The minimum atomic E-state index is 0.810. The van der Waals surface area contributed by atoms with E-state index in [0.717, 1.165) is 12.0 Å². The van der Waals surface area contributed by atoms with Crippen LogP contribution >= 0.6 is 11.8 Å². The first-order valence-electron chi connectivity index (χ1n) is 6.84. The molecule has 0 aromatic heterocycles. The number of rotatable bonds is 4. The molecule has 0 amide bonds. The lowest BCUT2D eigenvalue weighted by Gasteiger charge is -2.30. The number of piperidine rings is 1. The van der Waals surface area contributed by atoms with Gasteiger partial charge in [-0.1, -0.05) is 0 Å². The molecule has 0 saturated carbocycles. The molecule has 2 heterocycles. The second kappa shape index (κ2) is 6.87. The van der Waals surface area contributed by atoms with Crippen LogP contribution in [0.3, 0.4) is 0 Å². The lowest BCUT2D eigenvalue weighted by molar-refractivity contribution is 0.210. The molecule has 3 heteroatoms. The first kappa shape index (κ1) is 12.7. The predicted octanol–water partition coefficient (Wildman–Crippen LogP) is 2.20. The largest absolute Gasteiger partial charge is 0.313 e. The maximum Gasteiger partial charge on any atom is 0.0158 e. The van der Waals surface area contributed by atoms with E-state index in [1.165, 1.54) is 63.2 Å². The number of hydrogen-bond acceptors (Lipinski definition) is 3. The predicted molar refractivity (Wildman–Crippen MR) is 73.2 cm³/mol. The van der Waals surface area contributed by atoms with Crippen molar-refractivity contribution in [3.63, 3.8) is 0 Å². The zero-order chi connectivity index (χ0) is 11.2. The van der Waals surface area contributed by atoms with Crippen LogP contribution in [0.2, 0.25) is 0 Å². The van der Waals surface area contributed by atoms with E-state index in [9.17, 15) is 0 Å². The van der Waals surface area contributed by atoms with E-state index in [0.29, 0.717) is 0 Å². The second-order valence-corrected chi connectivity index (χ2v) is 6.55. The summed E-state index contributed by atoms with van der Waals surface area (Å²) < 4.78 is 0. The summed E-state index contributed by atoms with van der Waals surface area (Å²) in [6.45, 7) is 3.87. The monoisotopic (exact) mass is 242 g/mol. The number of nitrogens with one attached hydrogen (secondary N) is 1. The summed E-state index contributed by atoms with van der Waals surface area (Å²) in [4.78, 5) is 2.46. The Kier molecular flexibility index (Phi) is 5.46. The molecule has 2 rings (SSSR count). The molecular formula is C13H26N2S. The molecule has 2 aliphatic heterocycles. The molecule has 0 aliphatic carbocycles. The van der Waals surface area contributed by atoms with Crippen molar-refractivity contribution in [2.75, 3.05) is 38.2 Å². The van der Waals surface area contributed by atoms with Crippen LogP contribution in [0.25, 0.3) is 0 Å². The van der Waals surface area contributed by atoms with Gasteiger partial charge in [0.25, 0.3) is 0 Å². The maximum atomic E-state index is 3.75. The summed E-state index contributed by atoms with van der Waals surface area (Å²) in [6.07, 6.45) is 7.04. The van der Waals surface area contributed by atoms with E-state index in [-0.39, 0.29) is 0 Å². The maximum absolute atomic E-state index is 3.75. The van der Waals surface area contributed by atoms with E-state index in [4.69, 9.17) is 0 Å². The van der Waals surface area contributed by atoms with Gasteiger partial charge in [-0.25, -0.2) is 0 Å². The average Bonchev–Trinajstić information content (AvgIpc) is 2.33. The smallest absolute Gasteiger partial charge is 0.0158 e. The Morgan fingerprint density at radius 3 is 2.75 bits per heavy atom. The van der Waals surface area contributed by atoms with Crippen LogP contribution in [0, 0.1) is 5.92 Å². The summed E-state index contributed by atoms with van der Waals surface area (Å²) in [7, 11) is 2.24. The molecule has 2 saturated heterocycles. The van der Waals surface area contributed by atoms with Crippen molar-refractivity contribution in [3.8, 4) is 0 Å². The van der Waals surface area contributed by atoms with E-state index in [1.54, 1.807) is 0 Å². The molecule has 0 radical (unpaired) electrons. The van der Waals surface area contributed by atoms with Crippen LogP contribution in [0.4, 0.5) is 0 Å². The van der Waals surface area contributed by atoms with Gasteiger partial charge < -0.3 is 10.2 Å². The van der Waals surface area contributed by atoms with Crippen molar-refractivity contribution >= 4 is 11.8 Å². The van der Waals surface area contributed by atoms with E-state index in [2.05, 4.69) is 29.0 Å². The molecular weight excluding hydrogens is 216 g/mol. The molecule has 94 valence electrons. The van der Waals surface area contributed by atoms with Gasteiger partial charge >= 0.3 is 0 Å². The Balaban J connectivity index is 1.53. The van der Waals surface area contributed by atoms with Crippen LogP contribution in [-0.2, 0) is 0 Å². The van der Waals surface area contributed by atoms with Gasteiger partial charge in [0.2, 0.25) is 0 Å². The molecule has 1 atom stereocenters. The highest BCUT2D eigenvalue weighted by Gasteiger charge is 2.17. The molecule has 1 unspecified atom stereocenters. The van der Waals surface area contributed by atoms with Gasteiger partial charge in [0.05, 0.1) is 0 Å². The Bertz CT molecular complexity index is 184. The highest BCUT2D eigenvalue weighted by Crippen LogP contribution is 2.20. The van der Waals surface area contributed by atoms with Crippen molar-refractivity contribution in [2.45, 2.75) is 38.1 Å². The Hall–Kier alpha value is 0.270. The normalized spacial score (nSPS) is 29.4. The van der Waals surface area contributed by atoms with Gasteiger partial charge in [-0.15, -0.1) is 0 Å². The topological polar surface area (TPSA) is 15.3 Å². The van der Waals surface area contributed by atoms with Gasteiger partial charge in [-0.05, 0) is 70.5 Å². The van der Waals surface area contributed by atoms with Gasteiger partial charge in [0.1, 0.15) is 0 Å². The molecule has 1 N–H and O–H groups in total. The van der Waals surface area contributed by atoms with E-state index in [1.807, 2.05) is 0 Å². The highest BCUT2D eigenvalue weighted by atomic mass is 32.2. The molecule has 16 heavy (non-hydrogen) atoms. The summed E-state index contributed by atoms with van der Waals surface area (Å²) in [5.41, 5.74) is 0. The second-order valence-electron chi connectivity index (χ2n) is 5.40. The average molecular weight is 242 g/mol. The third-order valence-electron chi connectivity index (χ3n) is 3.98. The first-order chi connectivity index (χ1) is 7.84. The molecule has 2 aliphatic rings. The number of hydrogen-bond donors (Lipinski definition) is 1. The summed E-state index contributed by atoms with van der Waals surface area (Å²) >= 11 is 2.12. The van der Waals surface area contributed by atoms with Crippen LogP contribution in [0.5, 0.6) is 0 Å². The first-order valence-corrected chi connectivity index (χ1v) is 8.00. The molecule has 0 aromatic carbocycles. The van der Waals surface area contributed by atoms with Crippen molar-refractivity contribution < 1.29 is 0 Å². The fourth-order valence-electron chi connectivity index (χ4n) is 2.74. The molecule has 0 spiro atoms. The molecule has 0 bridgehead atoms. The fraction of sp³-hybridized carbons (Fsp3) is 1.00. The van der Waals surface area contributed by atoms with Gasteiger partial charge in [-0.3, -0.25) is 0 Å². The third kappa shape index (κ3) is 4.27. The zero-order valence-electron chi connectivity index (χ0n) is 10.6. The highest BCUT2D eigenvalue weighted by molar-refractivity contribution is 7.99. The lowest BCUT2D eigenvalue weighted by Crippen LogP contribution is -2.36. The zero-order valence-corrected chi connectivity index (χ0v) is 11.4. The Morgan fingerprint density at radius 2 is 2.06 bits per heavy atom. The summed E-state index contributed by atoms with van der Waals surface area (Å²) in [5.74, 6) is 3.71. The Labute approximate surface area is 105 Å². The molecule has 2 fully saturated rings. The number of thioether (sulfide) groups is 1. The molecule has 2 nitrogen and oxygen atoms in total. The summed E-state index contributed by atoms with van der Waals surface area (Å²) in [6, 6.07) is 0.810. The lowest BCUT2D eigenvalue weighted by atomic mass is 9.94. The van der Waals surface area contributed by atoms with E-state index >= 15 is 0 Å². The van der Waals surface area contributed by atoms with Crippen LogP contribution < -0.4 is 5.32 Å². The standard InChI is InChI=1S/C13H26N2S/c1-15-8-5-12(6-9-15)4-7-14-13-3-2-10-16-11-13/h12-14H,2-11H2,1H3. The Morgan fingerprint density at radius 1 is 1.25 bits per heavy atom. The van der Waals surface area contributed by atoms with Crippen molar-refractivity contribution in [1.82, 2.24) is 10.2 Å². The van der Waals surface area contributed by atoms with Crippen molar-refractivity contribution in [3.05, 3.63) is 0 Å². The number of likely N-dealkylation sites (tertiary alicyclic amines) is 1.